The van der Waals surface area contributed by atoms with Gasteiger partial charge in [0, 0.05) is 5.69 Å². The van der Waals surface area contributed by atoms with Crippen LogP contribution in [0.1, 0.15) is 0 Å². The second kappa shape index (κ2) is 4.16. The number of benzene rings is 1. The SMILES string of the molecule is Fc1ccc(NCC(F)(F)F)cc1Br. The molecule has 6 heteroatoms. The second-order valence-electron chi connectivity index (χ2n) is 2.60. The van der Waals surface area contributed by atoms with E-state index in [9.17, 15) is 17.6 Å². The van der Waals surface area contributed by atoms with Crippen molar-refractivity contribution in [2.24, 2.45) is 0 Å². The third-order valence-corrected chi connectivity index (χ3v) is 2.02. The van der Waals surface area contributed by atoms with Crippen molar-refractivity contribution < 1.29 is 17.6 Å². The molecule has 0 unspecified atom stereocenters. The van der Waals surface area contributed by atoms with Crippen LogP contribution < -0.4 is 5.32 Å². The summed E-state index contributed by atoms with van der Waals surface area (Å²) < 4.78 is 48.1. The molecule has 1 aromatic carbocycles. The van der Waals surface area contributed by atoms with Crippen LogP contribution in [0.5, 0.6) is 0 Å². The number of anilines is 1. The zero-order chi connectivity index (χ0) is 10.8. The smallest absolute Gasteiger partial charge is 0.376 e. The number of hydrogen-bond acceptors (Lipinski definition) is 1. The van der Waals surface area contributed by atoms with Crippen molar-refractivity contribution in [3.05, 3.63) is 28.5 Å². The van der Waals surface area contributed by atoms with Crippen LogP contribution in [0.2, 0.25) is 0 Å². The number of hydrogen-bond donors (Lipinski definition) is 1. The zero-order valence-corrected chi connectivity index (χ0v) is 8.41. The molecule has 1 rings (SSSR count). The van der Waals surface area contributed by atoms with Crippen molar-refractivity contribution in [2.75, 3.05) is 11.9 Å². The summed E-state index contributed by atoms with van der Waals surface area (Å²) in [6.07, 6.45) is -4.28. The fourth-order valence-corrected chi connectivity index (χ4v) is 1.19. The molecule has 0 amide bonds. The Balaban J connectivity index is 2.65. The van der Waals surface area contributed by atoms with Crippen LogP contribution in [0, 0.1) is 5.82 Å². The molecule has 1 nitrogen and oxygen atoms in total. The molecule has 0 saturated carbocycles. The van der Waals surface area contributed by atoms with E-state index in [4.69, 9.17) is 0 Å². The first kappa shape index (κ1) is 11.3. The Hall–Kier alpha value is -0.780. The molecule has 0 spiro atoms. The Morgan fingerprint density at radius 2 is 1.93 bits per heavy atom. The minimum atomic E-state index is -4.28. The van der Waals surface area contributed by atoms with Crippen LogP contribution in [-0.4, -0.2) is 12.7 Å². The molecule has 0 bridgehead atoms. The lowest BCUT2D eigenvalue weighted by molar-refractivity contribution is -0.115. The number of rotatable bonds is 2. The van der Waals surface area contributed by atoms with Crippen LogP contribution in [0.15, 0.2) is 22.7 Å². The zero-order valence-electron chi connectivity index (χ0n) is 6.83. The quantitative estimate of drug-likeness (QED) is 0.811. The van der Waals surface area contributed by atoms with Gasteiger partial charge in [-0.15, -0.1) is 0 Å². The van der Waals surface area contributed by atoms with Gasteiger partial charge in [-0.2, -0.15) is 13.2 Å². The van der Waals surface area contributed by atoms with Crippen molar-refractivity contribution in [1.82, 2.24) is 0 Å². The largest absolute Gasteiger partial charge is 0.405 e. The lowest BCUT2D eigenvalue weighted by Crippen LogP contribution is -2.21. The maximum atomic E-state index is 12.7. The van der Waals surface area contributed by atoms with Gasteiger partial charge in [-0.3, -0.25) is 0 Å². The molecule has 0 aliphatic heterocycles. The average Bonchev–Trinajstić information content (AvgIpc) is 2.06. The summed E-state index contributed by atoms with van der Waals surface area (Å²) in [5.41, 5.74) is 0.218. The van der Waals surface area contributed by atoms with E-state index in [1.165, 1.54) is 12.1 Å². The Morgan fingerprint density at radius 3 is 2.43 bits per heavy atom. The van der Waals surface area contributed by atoms with Crippen LogP contribution in [-0.2, 0) is 0 Å². The van der Waals surface area contributed by atoms with Gasteiger partial charge < -0.3 is 5.32 Å². The predicted octanol–water partition coefficient (Wildman–Crippen LogP) is 3.56. The molecule has 0 fully saturated rings. The fourth-order valence-electron chi connectivity index (χ4n) is 0.808. The third-order valence-electron chi connectivity index (χ3n) is 1.41. The first-order chi connectivity index (χ1) is 6.38. The van der Waals surface area contributed by atoms with E-state index in [2.05, 4.69) is 21.2 Å². The molecule has 0 aromatic heterocycles. The minimum absolute atomic E-state index is 0.129. The summed E-state index contributed by atoms with van der Waals surface area (Å²) in [5, 5.41) is 2.13. The molecule has 1 N–H and O–H groups in total. The van der Waals surface area contributed by atoms with Gasteiger partial charge in [-0.25, -0.2) is 4.39 Å². The first-order valence-corrected chi connectivity index (χ1v) is 4.43. The van der Waals surface area contributed by atoms with Crippen molar-refractivity contribution in [1.29, 1.82) is 0 Å². The maximum Gasteiger partial charge on any atom is 0.405 e. The summed E-state index contributed by atoms with van der Waals surface area (Å²) in [5.74, 6) is -0.512. The van der Waals surface area contributed by atoms with Crippen molar-refractivity contribution in [3.63, 3.8) is 0 Å². The summed E-state index contributed by atoms with van der Waals surface area (Å²) in [6.45, 7) is -1.13. The number of alkyl halides is 3. The summed E-state index contributed by atoms with van der Waals surface area (Å²) in [7, 11) is 0. The van der Waals surface area contributed by atoms with E-state index in [1.807, 2.05) is 0 Å². The van der Waals surface area contributed by atoms with E-state index >= 15 is 0 Å². The molecule has 0 saturated heterocycles. The molecule has 0 radical (unpaired) electrons. The monoisotopic (exact) mass is 271 g/mol. The normalized spacial score (nSPS) is 11.5. The number of halogens is 5. The van der Waals surface area contributed by atoms with E-state index in [0.29, 0.717) is 0 Å². The van der Waals surface area contributed by atoms with E-state index in [0.717, 1.165) is 6.07 Å². The van der Waals surface area contributed by atoms with E-state index < -0.39 is 18.5 Å². The molecule has 78 valence electrons. The lowest BCUT2D eigenvalue weighted by atomic mass is 10.3. The molecule has 0 aliphatic carbocycles. The Bertz CT molecular complexity index is 324. The summed E-state index contributed by atoms with van der Waals surface area (Å²) >= 11 is 2.87. The molecule has 14 heavy (non-hydrogen) atoms. The highest BCUT2D eigenvalue weighted by atomic mass is 79.9. The topological polar surface area (TPSA) is 12.0 Å². The van der Waals surface area contributed by atoms with Crippen LogP contribution in [0.25, 0.3) is 0 Å². The minimum Gasteiger partial charge on any atom is -0.376 e. The van der Waals surface area contributed by atoms with Crippen molar-refractivity contribution >= 4 is 21.6 Å². The molecule has 1 aromatic rings. The van der Waals surface area contributed by atoms with Gasteiger partial charge in [0.2, 0.25) is 0 Å². The van der Waals surface area contributed by atoms with Crippen molar-refractivity contribution in [2.45, 2.75) is 6.18 Å². The molecule has 0 heterocycles. The van der Waals surface area contributed by atoms with Gasteiger partial charge in [0.05, 0.1) is 4.47 Å². The predicted molar refractivity (Wildman–Crippen MR) is 48.6 cm³/mol. The molecule has 0 aliphatic rings. The highest BCUT2D eigenvalue weighted by molar-refractivity contribution is 9.10. The van der Waals surface area contributed by atoms with Crippen LogP contribution in [0.4, 0.5) is 23.2 Å². The van der Waals surface area contributed by atoms with Crippen LogP contribution in [0.3, 0.4) is 0 Å². The van der Waals surface area contributed by atoms with Gasteiger partial charge in [0.25, 0.3) is 0 Å². The highest BCUT2D eigenvalue weighted by Gasteiger charge is 2.26. The Labute approximate surface area is 86.2 Å². The first-order valence-electron chi connectivity index (χ1n) is 3.64. The fraction of sp³-hybridized carbons (Fsp3) is 0.250. The highest BCUT2D eigenvalue weighted by Crippen LogP contribution is 2.21. The molecular formula is C8H6BrF4N. The van der Waals surface area contributed by atoms with Gasteiger partial charge in [0.1, 0.15) is 12.4 Å². The van der Waals surface area contributed by atoms with Gasteiger partial charge in [-0.1, -0.05) is 0 Å². The summed E-state index contributed by atoms with van der Waals surface area (Å²) in [6, 6.07) is 3.58. The lowest BCUT2D eigenvalue weighted by Gasteiger charge is -2.09. The van der Waals surface area contributed by atoms with Crippen LogP contribution >= 0.6 is 15.9 Å². The van der Waals surface area contributed by atoms with Crippen molar-refractivity contribution in [3.8, 4) is 0 Å². The standard InChI is InChI=1S/C8H6BrF4N/c9-6-3-5(1-2-7(6)10)14-4-8(11,12)13/h1-3,14H,4H2. The van der Waals surface area contributed by atoms with E-state index in [-0.39, 0.29) is 10.2 Å². The van der Waals surface area contributed by atoms with Gasteiger partial charge >= 0.3 is 6.18 Å². The molecule has 0 atom stereocenters. The molecular weight excluding hydrogens is 266 g/mol. The van der Waals surface area contributed by atoms with Gasteiger partial charge in [0.15, 0.2) is 0 Å². The average molecular weight is 272 g/mol. The third kappa shape index (κ3) is 3.53. The maximum absolute atomic E-state index is 12.7. The second-order valence-corrected chi connectivity index (χ2v) is 3.45. The van der Waals surface area contributed by atoms with Gasteiger partial charge in [-0.05, 0) is 34.1 Å². The van der Waals surface area contributed by atoms with E-state index in [1.54, 1.807) is 0 Å². The number of nitrogens with one attached hydrogen (secondary N) is 1. The Morgan fingerprint density at radius 1 is 1.29 bits per heavy atom. The Kier molecular flexibility index (Phi) is 3.36. The summed E-state index contributed by atoms with van der Waals surface area (Å²) in [4.78, 5) is 0.